The molecule has 2 aromatic rings. The average Bonchev–Trinajstić information content (AvgIpc) is 2.97. The molecular weight excluding hydrogens is 262 g/mol. The van der Waals surface area contributed by atoms with Gasteiger partial charge in [-0.15, -0.1) is 22.7 Å². The molecule has 3 nitrogen and oxygen atoms in total. The highest BCUT2D eigenvalue weighted by molar-refractivity contribution is 7.16. The molecule has 0 radical (unpaired) electrons. The smallest absolute Gasteiger partial charge is 0.183 e. The maximum atomic E-state index is 4.60. The summed E-state index contributed by atoms with van der Waals surface area (Å²) in [6.07, 6.45) is 4.33. The Balaban J connectivity index is 2.04. The van der Waals surface area contributed by atoms with E-state index in [2.05, 4.69) is 41.4 Å². The molecule has 2 rings (SSSR count). The number of unbranched alkanes of at least 4 members (excludes halogenated alkanes) is 1. The lowest BCUT2D eigenvalue weighted by atomic mass is 10.2. The van der Waals surface area contributed by atoms with Crippen molar-refractivity contribution in [3.05, 3.63) is 16.6 Å². The van der Waals surface area contributed by atoms with Gasteiger partial charge in [0.1, 0.15) is 0 Å². The van der Waals surface area contributed by atoms with Crippen molar-refractivity contribution in [2.24, 2.45) is 0 Å². The summed E-state index contributed by atoms with van der Waals surface area (Å²) in [6.45, 7) is 7.53. The van der Waals surface area contributed by atoms with Crippen molar-refractivity contribution in [3.63, 3.8) is 0 Å². The summed E-state index contributed by atoms with van der Waals surface area (Å²) in [5.74, 6) is 0.490. The van der Waals surface area contributed by atoms with Gasteiger partial charge in [0.15, 0.2) is 5.13 Å². The standard InChI is InChI=1S/C13H19N3S2/c1-4-5-6-14-13-16-10(8-17-13)11-7-15-12(18-11)9(2)3/h7-9H,4-6H2,1-3H3,(H,14,16). The number of hydrogen-bond donors (Lipinski definition) is 1. The third-order valence-corrected chi connectivity index (χ3v) is 4.70. The summed E-state index contributed by atoms with van der Waals surface area (Å²) < 4.78 is 0. The molecule has 0 fully saturated rings. The van der Waals surface area contributed by atoms with E-state index in [0.717, 1.165) is 17.4 Å². The Labute approximate surface area is 116 Å². The molecule has 0 bridgehead atoms. The molecule has 0 saturated heterocycles. The van der Waals surface area contributed by atoms with Gasteiger partial charge in [-0.3, -0.25) is 0 Å². The number of nitrogens with zero attached hydrogens (tertiary/aromatic N) is 2. The Morgan fingerprint density at radius 1 is 1.39 bits per heavy atom. The van der Waals surface area contributed by atoms with Crippen LogP contribution in [0.5, 0.6) is 0 Å². The van der Waals surface area contributed by atoms with Crippen LogP contribution in [0.15, 0.2) is 11.6 Å². The zero-order valence-corrected chi connectivity index (χ0v) is 12.7. The van der Waals surface area contributed by atoms with Crippen molar-refractivity contribution < 1.29 is 0 Å². The van der Waals surface area contributed by atoms with Gasteiger partial charge in [0, 0.05) is 24.0 Å². The van der Waals surface area contributed by atoms with Crippen LogP contribution in [0.4, 0.5) is 5.13 Å². The Morgan fingerprint density at radius 3 is 2.89 bits per heavy atom. The van der Waals surface area contributed by atoms with Crippen molar-refractivity contribution in [2.75, 3.05) is 11.9 Å². The Hall–Kier alpha value is -0.940. The minimum atomic E-state index is 0.490. The summed E-state index contributed by atoms with van der Waals surface area (Å²) in [7, 11) is 0. The van der Waals surface area contributed by atoms with Crippen LogP contribution in [0.1, 0.15) is 44.5 Å². The summed E-state index contributed by atoms with van der Waals surface area (Å²) in [6, 6.07) is 0. The maximum Gasteiger partial charge on any atom is 0.183 e. The zero-order valence-electron chi connectivity index (χ0n) is 11.1. The van der Waals surface area contributed by atoms with Crippen LogP contribution in [-0.2, 0) is 0 Å². The van der Waals surface area contributed by atoms with E-state index in [9.17, 15) is 0 Å². The van der Waals surface area contributed by atoms with Crippen LogP contribution in [0.25, 0.3) is 10.6 Å². The minimum absolute atomic E-state index is 0.490. The first-order valence-corrected chi connectivity index (χ1v) is 8.05. The van der Waals surface area contributed by atoms with Crippen molar-refractivity contribution in [2.45, 2.75) is 39.5 Å². The Bertz CT molecular complexity index is 488. The normalized spacial score (nSPS) is 11.1. The molecule has 0 spiro atoms. The van der Waals surface area contributed by atoms with Crippen molar-refractivity contribution >= 4 is 27.8 Å². The van der Waals surface area contributed by atoms with Gasteiger partial charge < -0.3 is 5.32 Å². The highest BCUT2D eigenvalue weighted by Crippen LogP contribution is 2.31. The van der Waals surface area contributed by atoms with Gasteiger partial charge in [0.05, 0.1) is 15.6 Å². The predicted octanol–water partition coefficient (Wildman–Crippen LogP) is 4.60. The second-order valence-electron chi connectivity index (χ2n) is 4.54. The van der Waals surface area contributed by atoms with E-state index >= 15 is 0 Å². The second-order valence-corrected chi connectivity index (χ2v) is 6.46. The van der Waals surface area contributed by atoms with Crippen LogP contribution in [0.2, 0.25) is 0 Å². The lowest BCUT2D eigenvalue weighted by Gasteiger charge is -1.98. The van der Waals surface area contributed by atoms with Crippen molar-refractivity contribution in [1.29, 1.82) is 0 Å². The molecule has 0 aromatic carbocycles. The third-order valence-electron chi connectivity index (χ3n) is 2.58. The number of aromatic nitrogens is 2. The Kier molecular flexibility index (Phi) is 4.72. The minimum Gasteiger partial charge on any atom is -0.362 e. The molecule has 18 heavy (non-hydrogen) atoms. The number of hydrogen-bond acceptors (Lipinski definition) is 5. The van der Waals surface area contributed by atoms with Crippen molar-refractivity contribution in [3.8, 4) is 10.6 Å². The molecule has 2 aromatic heterocycles. The fraction of sp³-hybridized carbons (Fsp3) is 0.538. The molecule has 0 atom stereocenters. The van der Waals surface area contributed by atoms with Crippen LogP contribution >= 0.6 is 22.7 Å². The van der Waals surface area contributed by atoms with Gasteiger partial charge in [-0.1, -0.05) is 27.2 Å². The maximum absolute atomic E-state index is 4.60. The molecule has 0 aliphatic heterocycles. The predicted molar refractivity (Wildman–Crippen MR) is 80.7 cm³/mol. The lowest BCUT2D eigenvalue weighted by molar-refractivity contribution is 0.833. The first-order chi connectivity index (χ1) is 8.70. The first-order valence-electron chi connectivity index (χ1n) is 6.36. The average molecular weight is 281 g/mol. The Morgan fingerprint density at radius 2 is 2.22 bits per heavy atom. The molecule has 0 unspecified atom stereocenters. The largest absolute Gasteiger partial charge is 0.362 e. The lowest BCUT2D eigenvalue weighted by Crippen LogP contribution is -1.99. The highest BCUT2D eigenvalue weighted by atomic mass is 32.1. The second kappa shape index (κ2) is 6.29. The van der Waals surface area contributed by atoms with Crippen LogP contribution in [-0.4, -0.2) is 16.5 Å². The van der Waals surface area contributed by atoms with Crippen LogP contribution in [0.3, 0.4) is 0 Å². The molecule has 0 saturated carbocycles. The van der Waals surface area contributed by atoms with E-state index in [0.29, 0.717) is 5.92 Å². The molecule has 2 heterocycles. The number of anilines is 1. The summed E-state index contributed by atoms with van der Waals surface area (Å²) in [5, 5.41) is 7.65. The third kappa shape index (κ3) is 3.29. The van der Waals surface area contributed by atoms with E-state index in [1.54, 1.807) is 22.7 Å². The zero-order chi connectivity index (χ0) is 13.0. The monoisotopic (exact) mass is 281 g/mol. The summed E-state index contributed by atoms with van der Waals surface area (Å²) in [4.78, 5) is 10.2. The summed E-state index contributed by atoms with van der Waals surface area (Å²) in [5.41, 5.74) is 1.04. The highest BCUT2D eigenvalue weighted by Gasteiger charge is 2.10. The first kappa shape index (κ1) is 13.5. The van der Waals surface area contributed by atoms with Gasteiger partial charge in [0.25, 0.3) is 0 Å². The fourth-order valence-electron chi connectivity index (χ4n) is 1.51. The van der Waals surface area contributed by atoms with Gasteiger partial charge in [-0.2, -0.15) is 0 Å². The summed E-state index contributed by atoms with van der Waals surface area (Å²) >= 11 is 3.41. The number of rotatable bonds is 6. The number of thiazole rings is 2. The molecule has 5 heteroatoms. The van der Waals surface area contributed by atoms with E-state index in [1.807, 2.05) is 6.20 Å². The molecule has 98 valence electrons. The van der Waals surface area contributed by atoms with Gasteiger partial charge >= 0.3 is 0 Å². The molecule has 1 N–H and O–H groups in total. The SMILES string of the molecule is CCCCNc1nc(-c2cnc(C(C)C)s2)cs1. The van der Waals surface area contributed by atoms with E-state index < -0.39 is 0 Å². The van der Waals surface area contributed by atoms with Crippen molar-refractivity contribution in [1.82, 2.24) is 9.97 Å². The van der Waals surface area contributed by atoms with Gasteiger partial charge in [0.2, 0.25) is 0 Å². The van der Waals surface area contributed by atoms with Crippen LogP contribution in [0, 0.1) is 0 Å². The van der Waals surface area contributed by atoms with E-state index in [-0.39, 0.29) is 0 Å². The molecular formula is C13H19N3S2. The number of nitrogens with one attached hydrogen (secondary N) is 1. The molecule has 0 amide bonds. The molecule has 0 aliphatic carbocycles. The van der Waals surface area contributed by atoms with E-state index in [1.165, 1.54) is 22.7 Å². The van der Waals surface area contributed by atoms with Gasteiger partial charge in [-0.05, 0) is 6.42 Å². The quantitative estimate of drug-likeness (QED) is 0.786. The fourth-order valence-corrected chi connectivity index (χ4v) is 3.21. The van der Waals surface area contributed by atoms with Crippen LogP contribution < -0.4 is 5.32 Å². The topological polar surface area (TPSA) is 37.8 Å². The molecule has 0 aliphatic rings. The van der Waals surface area contributed by atoms with Gasteiger partial charge in [-0.25, -0.2) is 9.97 Å². The van der Waals surface area contributed by atoms with E-state index in [4.69, 9.17) is 0 Å².